The van der Waals surface area contributed by atoms with Crippen LogP contribution in [0.4, 0.5) is 18.9 Å². The molecule has 0 saturated carbocycles. The van der Waals surface area contributed by atoms with Crippen molar-refractivity contribution in [2.45, 2.75) is 17.0 Å². The summed E-state index contributed by atoms with van der Waals surface area (Å²) in [6, 6.07) is 7.74. The van der Waals surface area contributed by atoms with Gasteiger partial charge in [0.1, 0.15) is 5.03 Å². The molecular formula is C13H11F3N2OS. The van der Waals surface area contributed by atoms with Crippen LogP contribution < -0.4 is 5.73 Å². The molecule has 1 atom stereocenters. The molecule has 0 aliphatic heterocycles. The highest BCUT2D eigenvalue weighted by Crippen LogP contribution is 2.29. The summed E-state index contributed by atoms with van der Waals surface area (Å²) < 4.78 is 49.3. The van der Waals surface area contributed by atoms with Crippen molar-refractivity contribution >= 4 is 16.5 Å². The summed E-state index contributed by atoms with van der Waals surface area (Å²) in [6.07, 6.45) is -2.90. The molecule has 0 fully saturated rings. The number of anilines is 1. The normalized spacial score (nSPS) is 13.2. The molecule has 2 N–H and O–H groups in total. The van der Waals surface area contributed by atoms with Gasteiger partial charge in [-0.3, -0.25) is 4.21 Å². The molecule has 0 saturated heterocycles. The second kappa shape index (κ2) is 5.62. The third-order valence-electron chi connectivity index (χ3n) is 2.60. The van der Waals surface area contributed by atoms with Gasteiger partial charge in [0.25, 0.3) is 0 Å². The number of hydrogen-bond acceptors (Lipinski definition) is 3. The summed E-state index contributed by atoms with van der Waals surface area (Å²) in [5, 5.41) is 0.243. The van der Waals surface area contributed by atoms with Gasteiger partial charge in [0.2, 0.25) is 0 Å². The van der Waals surface area contributed by atoms with Crippen molar-refractivity contribution in [2.75, 3.05) is 5.73 Å². The SMILES string of the molecule is Nc1cccnc1S(=O)Cc1ccc(C(F)(F)F)cc1. The summed E-state index contributed by atoms with van der Waals surface area (Å²) >= 11 is 0. The first-order chi connectivity index (χ1) is 9.38. The molecule has 0 amide bonds. The van der Waals surface area contributed by atoms with Gasteiger partial charge in [0, 0.05) is 6.20 Å². The van der Waals surface area contributed by atoms with Gasteiger partial charge in [-0.1, -0.05) is 12.1 Å². The topological polar surface area (TPSA) is 56.0 Å². The minimum absolute atomic E-state index is 0.0688. The van der Waals surface area contributed by atoms with E-state index in [2.05, 4.69) is 4.98 Å². The number of rotatable bonds is 3. The number of halogens is 3. The Bertz CT molecular complexity index is 626. The van der Waals surface area contributed by atoms with Gasteiger partial charge in [-0.05, 0) is 29.8 Å². The number of pyridine rings is 1. The van der Waals surface area contributed by atoms with Crippen LogP contribution in [-0.4, -0.2) is 9.19 Å². The second-order valence-corrected chi connectivity index (χ2v) is 5.45. The zero-order valence-electron chi connectivity index (χ0n) is 10.2. The summed E-state index contributed by atoms with van der Waals surface area (Å²) in [6.45, 7) is 0. The zero-order valence-corrected chi connectivity index (χ0v) is 11.0. The van der Waals surface area contributed by atoms with E-state index in [4.69, 9.17) is 5.73 Å². The van der Waals surface area contributed by atoms with Crippen LogP contribution in [0, 0.1) is 0 Å². The lowest BCUT2D eigenvalue weighted by atomic mass is 10.1. The van der Waals surface area contributed by atoms with Gasteiger partial charge < -0.3 is 5.73 Å². The van der Waals surface area contributed by atoms with Gasteiger partial charge in [-0.25, -0.2) is 4.98 Å². The van der Waals surface area contributed by atoms with Gasteiger partial charge in [0.05, 0.1) is 27.8 Å². The number of nitrogens with two attached hydrogens (primary N) is 1. The molecule has 20 heavy (non-hydrogen) atoms. The van der Waals surface area contributed by atoms with Crippen molar-refractivity contribution in [3.05, 3.63) is 53.7 Å². The van der Waals surface area contributed by atoms with Crippen LogP contribution >= 0.6 is 0 Å². The van der Waals surface area contributed by atoms with Gasteiger partial charge in [0.15, 0.2) is 0 Å². The smallest absolute Gasteiger partial charge is 0.396 e. The molecule has 1 heterocycles. The van der Waals surface area contributed by atoms with Crippen molar-refractivity contribution < 1.29 is 17.4 Å². The molecule has 1 unspecified atom stereocenters. The number of benzene rings is 1. The van der Waals surface area contributed by atoms with Crippen molar-refractivity contribution in [2.24, 2.45) is 0 Å². The van der Waals surface area contributed by atoms with E-state index in [-0.39, 0.29) is 10.8 Å². The van der Waals surface area contributed by atoms with Gasteiger partial charge >= 0.3 is 6.18 Å². The first-order valence-electron chi connectivity index (χ1n) is 5.63. The van der Waals surface area contributed by atoms with Crippen LogP contribution in [0.3, 0.4) is 0 Å². The van der Waals surface area contributed by atoms with E-state index < -0.39 is 22.5 Å². The first-order valence-corrected chi connectivity index (χ1v) is 6.95. The molecule has 1 aromatic heterocycles. The molecule has 3 nitrogen and oxygen atoms in total. The number of hydrogen-bond donors (Lipinski definition) is 1. The lowest BCUT2D eigenvalue weighted by Crippen LogP contribution is -2.06. The molecule has 2 aromatic rings. The Morgan fingerprint density at radius 2 is 1.80 bits per heavy atom. The van der Waals surface area contributed by atoms with Crippen LogP contribution in [0.25, 0.3) is 0 Å². The quantitative estimate of drug-likeness (QED) is 0.948. The third-order valence-corrected chi connectivity index (χ3v) is 3.96. The monoisotopic (exact) mass is 300 g/mol. The van der Waals surface area contributed by atoms with Crippen LogP contribution in [0.2, 0.25) is 0 Å². The highest BCUT2D eigenvalue weighted by Gasteiger charge is 2.29. The number of alkyl halides is 3. The lowest BCUT2D eigenvalue weighted by Gasteiger charge is -2.08. The average molecular weight is 300 g/mol. The van der Waals surface area contributed by atoms with E-state index in [1.807, 2.05) is 0 Å². The van der Waals surface area contributed by atoms with Gasteiger partial charge in [-0.15, -0.1) is 0 Å². The van der Waals surface area contributed by atoms with Crippen LogP contribution in [0.5, 0.6) is 0 Å². The van der Waals surface area contributed by atoms with Crippen molar-refractivity contribution in [3.63, 3.8) is 0 Å². The number of nitrogens with zero attached hydrogens (tertiary/aromatic N) is 1. The largest absolute Gasteiger partial charge is 0.416 e. The van der Waals surface area contributed by atoms with Crippen molar-refractivity contribution in [1.82, 2.24) is 4.98 Å². The van der Waals surface area contributed by atoms with E-state index in [9.17, 15) is 17.4 Å². The van der Waals surface area contributed by atoms with Crippen LogP contribution in [-0.2, 0) is 22.7 Å². The summed E-state index contributed by atoms with van der Waals surface area (Å²) in [7, 11) is -1.49. The molecule has 1 aromatic carbocycles. The Hall–Kier alpha value is -1.89. The van der Waals surface area contributed by atoms with Crippen LogP contribution in [0.1, 0.15) is 11.1 Å². The molecular weight excluding hydrogens is 289 g/mol. The highest BCUT2D eigenvalue weighted by atomic mass is 32.2. The lowest BCUT2D eigenvalue weighted by molar-refractivity contribution is -0.137. The summed E-state index contributed by atoms with van der Waals surface area (Å²) in [5.74, 6) is 0.0688. The highest BCUT2D eigenvalue weighted by molar-refractivity contribution is 7.84. The van der Waals surface area contributed by atoms with E-state index in [0.29, 0.717) is 11.3 Å². The second-order valence-electron chi connectivity index (χ2n) is 4.08. The maximum atomic E-state index is 12.4. The van der Waals surface area contributed by atoms with Gasteiger partial charge in [-0.2, -0.15) is 13.2 Å². The van der Waals surface area contributed by atoms with E-state index in [0.717, 1.165) is 12.1 Å². The predicted octanol–water partition coefficient (Wildman–Crippen LogP) is 2.99. The Kier molecular flexibility index (Phi) is 4.08. The zero-order chi connectivity index (χ0) is 14.8. The molecule has 0 aliphatic carbocycles. The minimum Gasteiger partial charge on any atom is -0.396 e. The van der Waals surface area contributed by atoms with Crippen LogP contribution in [0.15, 0.2) is 47.6 Å². The predicted molar refractivity (Wildman–Crippen MR) is 70.2 cm³/mol. The molecule has 0 bridgehead atoms. The Balaban J connectivity index is 2.15. The third kappa shape index (κ3) is 3.36. The van der Waals surface area contributed by atoms with E-state index >= 15 is 0 Å². The maximum absolute atomic E-state index is 12.4. The minimum atomic E-state index is -4.37. The fraction of sp³-hybridized carbons (Fsp3) is 0.154. The Labute approximate surface area is 116 Å². The number of aromatic nitrogens is 1. The first kappa shape index (κ1) is 14.5. The summed E-state index contributed by atoms with van der Waals surface area (Å²) in [5.41, 5.74) is 5.75. The molecule has 0 radical (unpaired) electrons. The fourth-order valence-corrected chi connectivity index (χ4v) is 2.74. The number of nitrogen functional groups attached to an aromatic ring is 1. The average Bonchev–Trinajstić information content (AvgIpc) is 2.38. The summed E-state index contributed by atoms with van der Waals surface area (Å²) in [4.78, 5) is 3.93. The molecule has 0 aliphatic rings. The standard InChI is InChI=1S/C13H11F3N2OS/c14-13(15,16)10-5-3-9(4-6-10)8-20(19)12-11(17)2-1-7-18-12/h1-7H,8,17H2. The van der Waals surface area contributed by atoms with E-state index in [1.54, 1.807) is 12.1 Å². The Morgan fingerprint density at radius 1 is 1.15 bits per heavy atom. The molecule has 2 rings (SSSR count). The Morgan fingerprint density at radius 3 is 2.35 bits per heavy atom. The fourth-order valence-electron chi connectivity index (χ4n) is 1.60. The van der Waals surface area contributed by atoms with Crippen molar-refractivity contribution in [3.8, 4) is 0 Å². The van der Waals surface area contributed by atoms with E-state index in [1.165, 1.54) is 18.3 Å². The molecule has 106 valence electrons. The molecule has 7 heteroatoms. The van der Waals surface area contributed by atoms with Crippen molar-refractivity contribution in [1.29, 1.82) is 0 Å². The maximum Gasteiger partial charge on any atom is 0.416 e. The molecule has 0 spiro atoms.